The van der Waals surface area contributed by atoms with Gasteiger partial charge < -0.3 is 19.3 Å². The maximum atomic E-state index is 11.4. The molecular weight excluding hydrogens is 356 g/mol. The summed E-state index contributed by atoms with van der Waals surface area (Å²) in [5.41, 5.74) is 0.626. The van der Waals surface area contributed by atoms with Crippen molar-refractivity contribution in [2.24, 2.45) is 0 Å². The standard InChI is InChI=1S/C15H17BrO6/c1-3-20-12-8-10(5-6-13(17)18)7-11(16)15(12)22-9-14(19)21-4-2/h5-8H,3-4,9H2,1-2H3,(H,17,18)/b6-5+. The molecule has 0 aliphatic carbocycles. The molecule has 0 unspecified atom stereocenters. The lowest BCUT2D eigenvalue weighted by molar-refractivity contribution is -0.145. The second-order valence-electron chi connectivity index (χ2n) is 4.03. The zero-order valence-electron chi connectivity index (χ0n) is 12.3. The number of aliphatic carboxylic acids is 1. The van der Waals surface area contributed by atoms with Gasteiger partial charge in [0, 0.05) is 6.08 Å². The fraction of sp³-hybridized carbons (Fsp3) is 0.333. The molecule has 0 aromatic heterocycles. The van der Waals surface area contributed by atoms with Gasteiger partial charge in [0.05, 0.1) is 17.7 Å². The number of carboxylic acid groups (broad SMARTS) is 1. The number of hydrogen-bond acceptors (Lipinski definition) is 5. The van der Waals surface area contributed by atoms with E-state index < -0.39 is 11.9 Å². The van der Waals surface area contributed by atoms with E-state index in [9.17, 15) is 9.59 Å². The molecule has 0 atom stereocenters. The van der Waals surface area contributed by atoms with Gasteiger partial charge in [0.2, 0.25) is 0 Å². The van der Waals surface area contributed by atoms with Crippen molar-refractivity contribution in [1.82, 2.24) is 0 Å². The van der Waals surface area contributed by atoms with E-state index >= 15 is 0 Å². The maximum Gasteiger partial charge on any atom is 0.344 e. The lowest BCUT2D eigenvalue weighted by Gasteiger charge is -2.14. The summed E-state index contributed by atoms with van der Waals surface area (Å²) in [6, 6.07) is 3.30. The monoisotopic (exact) mass is 372 g/mol. The minimum atomic E-state index is -1.04. The van der Waals surface area contributed by atoms with Crippen molar-refractivity contribution in [2.45, 2.75) is 13.8 Å². The Morgan fingerprint density at radius 2 is 1.95 bits per heavy atom. The Hall–Kier alpha value is -2.02. The lowest BCUT2D eigenvalue weighted by atomic mass is 10.2. The Labute approximate surface area is 136 Å². The van der Waals surface area contributed by atoms with Gasteiger partial charge in [0.15, 0.2) is 18.1 Å². The molecule has 1 rings (SSSR count). The van der Waals surface area contributed by atoms with Crippen LogP contribution in [0.5, 0.6) is 11.5 Å². The van der Waals surface area contributed by atoms with E-state index in [1.165, 1.54) is 6.08 Å². The number of carbonyl (C=O) groups is 2. The van der Waals surface area contributed by atoms with Crippen molar-refractivity contribution in [2.75, 3.05) is 19.8 Å². The summed E-state index contributed by atoms with van der Waals surface area (Å²) in [4.78, 5) is 21.9. The summed E-state index contributed by atoms with van der Waals surface area (Å²) >= 11 is 3.33. The van der Waals surface area contributed by atoms with Crippen LogP contribution in [0.2, 0.25) is 0 Å². The second kappa shape index (κ2) is 9.09. The molecule has 1 aromatic rings. The van der Waals surface area contributed by atoms with Crippen LogP contribution in [0.4, 0.5) is 0 Å². The number of esters is 1. The first kappa shape index (κ1) is 18.0. The Kier molecular flexibility index (Phi) is 7.45. The van der Waals surface area contributed by atoms with E-state index in [0.717, 1.165) is 6.08 Å². The number of rotatable bonds is 8. The van der Waals surface area contributed by atoms with Crippen molar-refractivity contribution in [3.63, 3.8) is 0 Å². The van der Waals surface area contributed by atoms with E-state index in [-0.39, 0.29) is 13.2 Å². The second-order valence-corrected chi connectivity index (χ2v) is 4.88. The Bertz CT molecular complexity index is 567. The molecule has 0 amide bonds. The summed E-state index contributed by atoms with van der Waals surface area (Å²) in [7, 11) is 0. The van der Waals surface area contributed by atoms with Crippen LogP contribution in [0.1, 0.15) is 19.4 Å². The molecule has 22 heavy (non-hydrogen) atoms. The number of benzene rings is 1. The van der Waals surface area contributed by atoms with Crippen LogP contribution in [0.25, 0.3) is 6.08 Å². The highest BCUT2D eigenvalue weighted by molar-refractivity contribution is 9.10. The highest BCUT2D eigenvalue weighted by atomic mass is 79.9. The van der Waals surface area contributed by atoms with Gasteiger partial charge in [-0.15, -0.1) is 0 Å². The third kappa shape index (κ3) is 5.77. The Morgan fingerprint density at radius 1 is 1.23 bits per heavy atom. The van der Waals surface area contributed by atoms with Gasteiger partial charge in [-0.3, -0.25) is 0 Å². The fourth-order valence-corrected chi connectivity index (χ4v) is 2.16. The topological polar surface area (TPSA) is 82.1 Å². The van der Waals surface area contributed by atoms with Gasteiger partial charge in [-0.05, 0) is 53.5 Å². The quantitative estimate of drug-likeness (QED) is 0.558. The number of ether oxygens (including phenoxy) is 3. The molecule has 0 fully saturated rings. The molecule has 1 aromatic carbocycles. The van der Waals surface area contributed by atoms with Crippen molar-refractivity contribution < 1.29 is 28.9 Å². The first-order valence-electron chi connectivity index (χ1n) is 6.63. The van der Waals surface area contributed by atoms with Gasteiger partial charge in [-0.2, -0.15) is 0 Å². The van der Waals surface area contributed by atoms with Crippen molar-refractivity contribution in [3.05, 3.63) is 28.2 Å². The molecule has 1 N–H and O–H groups in total. The van der Waals surface area contributed by atoms with Crippen LogP contribution in [-0.2, 0) is 14.3 Å². The molecule has 6 nitrogen and oxygen atoms in total. The number of halogens is 1. The van der Waals surface area contributed by atoms with Crippen LogP contribution >= 0.6 is 15.9 Å². The van der Waals surface area contributed by atoms with Crippen LogP contribution < -0.4 is 9.47 Å². The average molecular weight is 373 g/mol. The van der Waals surface area contributed by atoms with Crippen molar-refractivity contribution >= 4 is 33.9 Å². The number of carbonyl (C=O) groups excluding carboxylic acids is 1. The summed E-state index contributed by atoms with van der Waals surface area (Å²) in [6.45, 7) is 3.96. The van der Waals surface area contributed by atoms with Gasteiger partial charge in [-0.25, -0.2) is 9.59 Å². The third-order valence-corrected chi connectivity index (χ3v) is 2.98. The van der Waals surface area contributed by atoms with Crippen molar-refractivity contribution in [1.29, 1.82) is 0 Å². The van der Waals surface area contributed by atoms with E-state index in [1.54, 1.807) is 19.1 Å². The van der Waals surface area contributed by atoms with E-state index in [4.69, 9.17) is 19.3 Å². The summed E-state index contributed by atoms with van der Waals surface area (Å²) in [5, 5.41) is 8.66. The molecule has 0 bridgehead atoms. The smallest absolute Gasteiger partial charge is 0.344 e. The van der Waals surface area contributed by atoms with E-state index in [0.29, 0.717) is 28.1 Å². The van der Waals surface area contributed by atoms with Gasteiger partial charge >= 0.3 is 11.9 Å². The molecule has 0 saturated carbocycles. The first-order chi connectivity index (χ1) is 10.5. The molecule has 0 aliphatic heterocycles. The van der Waals surface area contributed by atoms with Crippen LogP contribution in [0.15, 0.2) is 22.7 Å². The zero-order valence-corrected chi connectivity index (χ0v) is 13.9. The largest absolute Gasteiger partial charge is 0.490 e. The number of carboxylic acids is 1. The minimum Gasteiger partial charge on any atom is -0.490 e. The van der Waals surface area contributed by atoms with E-state index in [1.807, 2.05) is 6.92 Å². The molecule has 0 aliphatic rings. The molecule has 120 valence electrons. The lowest BCUT2D eigenvalue weighted by Crippen LogP contribution is -2.15. The average Bonchev–Trinajstić information content (AvgIpc) is 2.44. The predicted molar refractivity (Wildman–Crippen MR) is 84.1 cm³/mol. The third-order valence-electron chi connectivity index (χ3n) is 2.39. The highest BCUT2D eigenvalue weighted by Gasteiger charge is 2.14. The normalized spacial score (nSPS) is 10.5. The predicted octanol–water partition coefficient (Wildman–Crippen LogP) is 2.89. The minimum absolute atomic E-state index is 0.239. The summed E-state index contributed by atoms with van der Waals surface area (Å²) < 4.78 is 16.2. The number of hydrogen-bond donors (Lipinski definition) is 1. The fourth-order valence-electron chi connectivity index (χ4n) is 1.59. The highest BCUT2D eigenvalue weighted by Crippen LogP contribution is 2.37. The summed E-state index contributed by atoms with van der Waals surface area (Å²) in [5.74, 6) is -0.753. The maximum absolute atomic E-state index is 11.4. The van der Waals surface area contributed by atoms with Gasteiger partial charge in [0.1, 0.15) is 0 Å². The Balaban J connectivity index is 3.00. The molecule has 0 heterocycles. The molecule has 0 radical (unpaired) electrons. The first-order valence-corrected chi connectivity index (χ1v) is 7.43. The zero-order chi connectivity index (χ0) is 16.5. The van der Waals surface area contributed by atoms with Gasteiger partial charge in [-0.1, -0.05) is 0 Å². The molecule has 0 saturated heterocycles. The summed E-state index contributed by atoms with van der Waals surface area (Å²) in [6.07, 6.45) is 2.46. The molecule has 7 heteroatoms. The molecule has 0 spiro atoms. The van der Waals surface area contributed by atoms with Gasteiger partial charge in [0.25, 0.3) is 0 Å². The van der Waals surface area contributed by atoms with Crippen LogP contribution in [0.3, 0.4) is 0 Å². The van der Waals surface area contributed by atoms with E-state index in [2.05, 4.69) is 15.9 Å². The Morgan fingerprint density at radius 3 is 2.55 bits per heavy atom. The van der Waals surface area contributed by atoms with Crippen molar-refractivity contribution in [3.8, 4) is 11.5 Å². The SMILES string of the molecule is CCOC(=O)COc1c(Br)cc(/C=C/C(=O)O)cc1OCC. The van der Waals surface area contributed by atoms with Crippen LogP contribution in [0, 0.1) is 0 Å². The van der Waals surface area contributed by atoms with Crippen LogP contribution in [-0.4, -0.2) is 36.9 Å². The molecular formula is C15H17BrO6.